The molecular weight excluding hydrogens is 615 g/mol. The van der Waals surface area contributed by atoms with Gasteiger partial charge in [-0.1, -0.05) is 42.5 Å². The van der Waals surface area contributed by atoms with Gasteiger partial charge in [0.15, 0.2) is 0 Å². The maximum Gasteiger partial charge on any atom is 0.264 e. The molecule has 1 amide bonds. The quantitative estimate of drug-likeness (QED) is 0.199. The summed E-state index contributed by atoms with van der Waals surface area (Å²) in [5.41, 5.74) is 1.87. The summed E-state index contributed by atoms with van der Waals surface area (Å²) in [6.45, 7) is 1.67. The Morgan fingerprint density at radius 2 is 1.44 bits per heavy atom. The number of hydrogen-bond acceptors (Lipinski definition) is 8. The summed E-state index contributed by atoms with van der Waals surface area (Å²) in [6, 6.07) is 28.6. The molecule has 1 heterocycles. The number of para-hydroxylation sites is 1. The number of methoxy groups -OCH3 is 1. The largest absolute Gasteiger partial charge is 0.497 e. The minimum atomic E-state index is -4.14. The lowest BCUT2D eigenvalue weighted by atomic mass is 10.1. The normalized spacial score (nSPS) is 11.4. The van der Waals surface area contributed by atoms with Crippen LogP contribution in [0.4, 0.5) is 17.3 Å². The van der Waals surface area contributed by atoms with Crippen molar-refractivity contribution in [3.63, 3.8) is 0 Å². The number of rotatable bonds is 11. The number of nitrogens with one attached hydrogen (secondary N) is 2. The summed E-state index contributed by atoms with van der Waals surface area (Å²) >= 11 is 0. The maximum absolute atomic E-state index is 14.0. The van der Waals surface area contributed by atoms with Crippen LogP contribution in [0.5, 0.6) is 5.75 Å². The van der Waals surface area contributed by atoms with Crippen LogP contribution in [0.15, 0.2) is 125 Å². The van der Waals surface area contributed by atoms with Gasteiger partial charge < -0.3 is 10.1 Å². The van der Waals surface area contributed by atoms with Gasteiger partial charge in [0.1, 0.15) is 5.75 Å². The maximum atomic E-state index is 14.0. The fraction of sp³-hybridized carbons (Fsp3) is 0.0938. The monoisotopic (exact) mass is 643 g/mol. The van der Waals surface area contributed by atoms with Crippen molar-refractivity contribution in [2.45, 2.75) is 23.3 Å². The zero-order valence-corrected chi connectivity index (χ0v) is 25.9. The lowest BCUT2D eigenvalue weighted by Crippen LogP contribution is -2.32. The number of aromatic nitrogens is 2. The van der Waals surface area contributed by atoms with E-state index in [1.807, 2.05) is 6.07 Å². The number of anilines is 3. The zero-order chi connectivity index (χ0) is 32.0. The summed E-state index contributed by atoms with van der Waals surface area (Å²) < 4.78 is 62.4. The highest BCUT2D eigenvalue weighted by atomic mass is 32.2. The van der Waals surface area contributed by atoms with Crippen molar-refractivity contribution in [2.24, 2.45) is 0 Å². The minimum absolute atomic E-state index is 0.0240. The average Bonchev–Trinajstić information content (AvgIpc) is 3.04. The van der Waals surface area contributed by atoms with E-state index in [9.17, 15) is 21.6 Å². The Kier molecular flexibility index (Phi) is 9.11. The van der Waals surface area contributed by atoms with E-state index < -0.39 is 26.0 Å². The molecule has 45 heavy (non-hydrogen) atoms. The van der Waals surface area contributed by atoms with E-state index in [0.717, 1.165) is 0 Å². The molecule has 0 atom stereocenters. The highest BCUT2D eigenvalue weighted by Gasteiger charge is 2.29. The third-order valence-electron chi connectivity index (χ3n) is 6.68. The fourth-order valence-electron chi connectivity index (χ4n) is 4.40. The molecule has 0 radical (unpaired) electrons. The molecule has 0 saturated carbocycles. The Hall–Kier alpha value is -5.27. The lowest BCUT2D eigenvalue weighted by Gasteiger charge is -2.26. The molecule has 230 valence electrons. The van der Waals surface area contributed by atoms with Crippen molar-refractivity contribution in [2.75, 3.05) is 21.5 Å². The van der Waals surface area contributed by atoms with E-state index >= 15 is 0 Å². The molecular formula is C32H29N5O6S2. The van der Waals surface area contributed by atoms with E-state index in [1.165, 1.54) is 60.1 Å². The van der Waals surface area contributed by atoms with Gasteiger partial charge >= 0.3 is 0 Å². The number of carbonyl (C=O) groups excluding carboxylic acids is 1. The molecule has 0 unspecified atom stereocenters. The van der Waals surface area contributed by atoms with Crippen molar-refractivity contribution < 1.29 is 26.4 Å². The Morgan fingerprint density at radius 3 is 2.11 bits per heavy atom. The topological polar surface area (TPSA) is 148 Å². The molecule has 0 aliphatic rings. The molecule has 5 aromatic rings. The minimum Gasteiger partial charge on any atom is -0.497 e. The van der Waals surface area contributed by atoms with E-state index in [1.54, 1.807) is 67.6 Å². The molecule has 13 heteroatoms. The van der Waals surface area contributed by atoms with Gasteiger partial charge in [0.05, 0.1) is 34.7 Å². The van der Waals surface area contributed by atoms with Crippen molar-refractivity contribution in [3.05, 3.63) is 132 Å². The SMILES string of the molecule is COc1ccc(S(=O)(=O)N(Cc2ccccc2)c2ccccc2C(=O)Nc2ccc(S(=O)(=O)Nc3nccc(C)n3)cc2)cc1. The third-order valence-corrected chi connectivity index (χ3v) is 9.79. The molecule has 4 aromatic carbocycles. The van der Waals surface area contributed by atoms with Crippen LogP contribution in [-0.4, -0.2) is 39.8 Å². The predicted octanol–water partition coefficient (Wildman–Crippen LogP) is 5.24. The second-order valence-electron chi connectivity index (χ2n) is 9.80. The summed E-state index contributed by atoms with van der Waals surface area (Å²) in [7, 11) is -6.64. The summed E-state index contributed by atoms with van der Waals surface area (Å²) in [5.74, 6) is -0.148. The van der Waals surface area contributed by atoms with Gasteiger partial charge in [0, 0.05) is 17.6 Å². The van der Waals surface area contributed by atoms with Crippen LogP contribution in [0, 0.1) is 6.92 Å². The fourth-order valence-corrected chi connectivity index (χ4v) is 6.82. The summed E-state index contributed by atoms with van der Waals surface area (Å²) in [5, 5.41) is 2.74. The number of carbonyl (C=O) groups is 1. The number of benzene rings is 4. The lowest BCUT2D eigenvalue weighted by molar-refractivity contribution is 0.102. The molecule has 2 N–H and O–H groups in total. The number of hydrogen-bond donors (Lipinski definition) is 2. The van der Waals surface area contributed by atoms with E-state index in [2.05, 4.69) is 20.0 Å². The van der Waals surface area contributed by atoms with Gasteiger partial charge in [-0.3, -0.25) is 9.10 Å². The van der Waals surface area contributed by atoms with Crippen LogP contribution in [0.2, 0.25) is 0 Å². The Labute approximate surface area is 261 Å². The van der Waals surface area contributed by atoms with Crippen molar-refractivity contribution in [3.8, 4) is 5.75 Å². The molecule has 0 bridgehead atoms. The second-order valence-corrected chi connectivity index (χ2v) is 13.3. The van der Waals surface area contributed by atoms with Crippen molar-refractivity contribution >= 4 is 43.3 Å². The number of sulfonamides is 2. The first-order valence-electron chi connectivity index (χ1n) is 13.6. The zero-order valence-electron chi connectivity index (χ0n) is 24.3. The van der Waals surface area contributed by atoms with Crippen LogP contribution in [0.1, 0.15) is 21.6 Å². The molecule has 0 spiro atoms. The predicted molar refractivity (Wildman–Crippen MR) is 171 cm³/mol. The second kappa shape index (κ2) is 13.2. The van der Waals surface area contributed by atoms with Crippen molar-refractivity contribution in [1.29, 1.82) is 0 Å². The highest BCUT2D eigenvalue weighted by molar-refractivity contribution is 7.93. The first-order chi connectivity index (χ1) is 21.6. The molecule has 11 nitrogen and oxygen atoms in total. The van der Waals surface area contributed by atoms with E-state index in [4.69, 9.17) is 4.74 Å². The van der Waals surface area contributed by atoms with Gasteiger partial charge in [-0.15, -0.1) is 0 Å². The summed E-state index contributed by atoms with van der Waals surface area (Å²) in [4.78, 5) is 21.5. The number of aryl methyl sites for hydroxylation is 1. The third kappa shape index (κ3) is 7.28. The number of nitrogens with zero attached hydrogens (tertiary/aromatic N) is 3. The standard InChI is InChI=1S/C32H29N5O6S2/c1-23-20-21-33-32(34-23)36-44(39,40)27-16-12-25(13-17-27)35-31(38)29-10-6-7-11-30(29)37(22-24-8-4-3-5-9-24)45(41,42)28-18-14-26(43-2)15-19-28/h3-21H,22H2,1-2H3,(H,35,38)(H,33,34,36). The Bertz CT molecular complexity index is 2020. The number of ether oxygens (including phenoxy) is 1. The number of amides is 1. The van der Waals surface area contributed by atoms with Gasteiger partial charge in [-0.25, -0.2) is 31.5 Å². The van der Waals surface area contributed by atoms with Crippen LogP contribution in [0.3, 0.4) is 0 Å². The van der Waals surface area contributed by atoms with E-state index in [0.29, 0.717) is 22.7 Å². The van der Waals surface area contributed by atoms with Crippen LogP contribution >= 0.6 is 0 Å². The molecule has 0 aliphatic carbocycles. The van der Waals surface area contributed by atoms with Crippen LogP contribution in [-0.2, 0) is 26.6 Å². The average molecular weight is 644 g/mol. The van der Waals surface area contributed by atoms with Gasteiger partial charge in [0.2, 0.25) is 5.95 Å². The molecule has 0 saturated heterocycles. The van der Waals surface area contributed by atoms with Crippen LogP contribution in [0.25, 0.3) is 0 Å². The summed E-state index contributed by atoms with van der Waals surface area (Å²) in [6.07, 6.45) is 1.44. The highest BCUT2D eigenvalue weighted by Crippen LogP contribution is 2.31. The van der Waals surface area contributed by atoms with Gasteiger partial charge in [0.25, 0.3) is 26.0 Å². The molecule has 5 rings (SSSR count). The molecule has 1 aromatic heterocycles. The smallest absolute Gasteiger partial charge is 0.264 e. The molecule has 0 fully saturated rings. The van der Waals surface area contributed by atoms with Crippen LogP contribution < -0.4 is 19.1 Å². The first kappa shape index (κ1) is 31.2. The first-order valence-corrected chi connectivity index (χ1v) is 16.5. The Morgan fingerprint density at radius 1 is 0.800 bits per heavy atom. The van der Waals surface area contributed by atoms with Gasteiger partial charge in [-0.05, 0) is 79.2 Å². The van der Waals surface area contributed by atoms with E-state index in [-0.39, 0.29) is 33.5 Å². The van der Waals surface area contributed by atoms with Crippen molar-refractivity contribution in [1.82, 2.24) is 9.97 Å². The Balaban J connectivity index is 1.43. The van der Waals surface area contributed by atoms with Gasteiger partial charge in [-0.2, -0.15) is 0 Å². The molecule has 0 aliphatic heterocycles.